The van der Waals surface area contributed by atoms with Crippen LogP contribution in [-0.4, -0.2) is 16.0 Å². The lowest BCUT2D eigenvalue weighted by Gasteiger charge is -2.33. The quantitative estimate of drug-likeness (QED) is 0.911. The minimum Gasteiger partial charge on any atom is -0.347 e. The highest BCUT2D eigenvalue weighted by Gasteiger charge is 2.27. The summed E-state index contributed by atoms with van der Waals surface area (Å²) >= 11 is 0. The summed E-state index contributed by atoms with van der Waals surface area (Å²) in [6.07, 6.45) is 2.46. The first-order valence-electron chi connectivity index (χ1n) is 6.49. The number of aryl methyl sites for hydroxylation is 1. The van der Waals surface area contributed by atoms with Crippen molar-refractivity contribution in [3.8, 4) is 0 Å². The Balaban J connectivity index is 2.84. The van der Waals surface area contributed by atoms with E-state index in [1.165, 1.54) is 10.6 Å². The molecule has 106 valence electrons. The van der Waals surface area contributed by atoms with E-state index >= 15 is 0 Å². The molecular weight excluding hydrogens is 240 g/mol. The third kappa shape index (κ3) is 4.89. The van der Waals surface area contributed by atoms with Gasteiger partial charge < -0.3 is 9.88 Å². The molecule has 0 bridgehead atoms. The number of hydrogen-bond acceptors (Lipinski definition) is 2. The molecule has 1 heterocycles. The van der Waals surface area contributed by atoms with Crippen molar-refractivity contribution in [2.24, 2.45) is 12.5 Å². The van der Waals surface area contributed by atoms with Gasteiger partial charge in [-0.25, -0.2) is 0 Å². The summed E-state index contributed by atoms with van der Waals surface area (Å²) in [6, 6.07) is 3.02. The lowest BCUT2D eigenvalue weighted by atomic mass is 9.81. The molecule has 0 aromatic carbocycles. The molecule has 1 rings (SSSR count). The summed E-state index contributed by atoms with van der Waals surface area (Å²) in [5.74, 6) is -0.202. The van der Waals surface area contributed by atoms with Crippen molar-refractivity contribution in [1.29, 1.82) is 0 Å². The number of rotatable bonds is 3. The number of amides is 1. The molecule has 0 saturated carbocycles. The zero-order valence-electron chi connectivity index (χ0n) is 12.7. The van der Waals surface area contributed by atoms with E-state index in [1.54, 1.807) is 19.3 Å². The Labute approximate surface area is 114 Å². The molecule has 19 heavy (non-hydrogen) atoms. The van der Waals surface area contributed by atoms with Gasteiger partial charge in [-0.1, -0.05) is 20.8 Å². The van der Waals surface area contributed by atoms with Crippen LogP contribution in [0.25, 0.3) is 0 Å². The Bertz CT molecular complexity index is 522. The van der Waals surface area contributed by atoms with Crippen molar-refractivity contribution in [1.82, 2.24) is 9.88 Å². The summed E-state index contributed by atoms with van der Waals surface area (Å²) in [6.45, 7) is 10.4. The van der Waals surface area contributed by atoms with E-state index in [4.69, 9.17) is 0 Å². The maximum absolute atomic E-state index is 12.2. The fraction of sp³-hybridized carbons (Fsp3) is 0.600. The van der Waals surface area contributed by atoms with Gasteiger partial charge >= 0.3 is 0 Å². The molecule has 4 heteroatoms. The van der Waals surface area contributed by atoms with Crippen molar-refractivity contribution < 1.29 is 4.79 Å². The summed E-state index contributed by atoms with van der Waals surface area (Å²) in [4.78, 5) is 23.7. The van der Waals surface area contributed by atoms with Crippen LogP contribution in [0.4, 0.5) is 0 Å². The van der Waals surface area contributed by atoms with Crippen LogP contribution in [0, 0.1) is 5.41 Å². The molecule has 1 aromatic rings. The van der Waals surface area contributed by atoms with Crippen LogP contribution in [0.5, 0.6) is 0 Å². The van der Waals surface area contributed by atoms with Crippen molar-refractivity contribution >= 4 is 5.91 Å². The van der Waals surface area contributed by atoms with Gasteiger partial charge in [-0.2, -0.15) is 0 Å². The van der Waals surface area contributed by atoms with E-state index in [2.05, 4.69) is 26.1 Å². The van der Waals surface area contributed by atoms with Gasteiger partial charge in [-0.3, -0.25) is 9.59 Å². The van der Waals surface area contributed by atoms with Crippen molar-refractivity contribution in [3.63, 3.8) is 0 Å². The Kier molecular flexibility index (Phi) is 4.23. The standard InChI is InChI=1S/C15H24N2O2/c1-14(2,3)10-15(4,5)16-13(19)11-7-8-17(6)12(18)9-11/h7-9H,10H2,1-6H3,(H,16,19). The predicted molar refractivity (Wildman–Crippen MR) is 77.3 cm³/mol. The SMILES string of the molecule is Cn1ccc(C(=O)NC(C)(C)CC(C)(C)C)cc1=O. The Morgan fingerprint density at radius 3 is 2.32 bits per heavy atom. The van der Waals surface area contributed by atoms with Crippen LogP contribution in [-0.2, 0) is 7.05 Å². The second-order valence-corrected chi connectivity index (χ2v) is 6.94. The highest BCUT2D eigenvalue weighted by Crippen LogP contribution is 2.26. The molecule has 0 aliphatic heterocycles. The number of carbonyl (C=O) groups excluding carboxylic acids is 1. The first-order chi connectivity index (χ1) is 8.50. The largest absolute Gasteiger partial charge is 0.347 e. The zero-order valence-corrected chi connectivity index (χ0v) is 12.7. The number of nitrogens with one attached hydrogen (secondary N) is 1. The van der Waals surface area contributed by atoms with E-state index in [0.29, 0.717) is 5.56 Å². The number of carbonyl (C=O) groups is 1. The molecule has 1 amide bonds. The van der Waals surface area contributed by atoms with Crippen molar-refractivity contribution in [2.75, 3.05) is 0 Å². The van der Waals surface area contributed by atoms with Crippen LogP contribution >= 0.6 is 0 Å². The van der Waals surface area contributed by atoms with E-state index in [-0.39, 0.29) is 22.4 Å². The van der Waals surface area contributed by atoms with E-state index in [1.807, 2.05) is 13.8 Å². The number of nitrogens with zero attached hydrogens (tertiary/aromatic N) is 1. The zero-order chi connectivity index (χ0) is 14.8. The van der Waals surface area contributed by atoms with Gasteiger partial charge in [-0.15, -0.1) is 0 Å². The van der Waals surface area contributed by atoms with Crippen LogP contribution in [0.2, 0.25) is 0 Å². The van der Waals surface area contributed by atoms with Crippen LogP contribution < -0.4 is 10.9 Å². The van der Waals surface area contributed by atoms with E-state index in [0.717, 1.165) is 6.42 Å². The smallest absolute Gasteiger partial charge is 0.251 e. The maximum Gasteiger partial charge on any atom is 0.251 e. The molecule has 0 aliphatic rings. The highest BCUT2D eigenvalue weighted by molar-refractivity contribution is 5.94. The number of pyridine rings is 1. The Hall–Kier alpha value is -1.58. The van der Waals surface area contributed by atoms with Crippen molar-refractivity contribution in [3.05, 3.63) is 34.2 Å². The lowest BCUT2D eigenvalue weighted by Crippen LogP contribution is -2.46. The summed E-state index contributed by atoms with van der Waals surface area (Å²) in [5.41, 5.74) is 0.0476. The minimum absolute atomic E-state index is 0.129. The molecule has 1 aromatic heterocycles. The van der Waals surface area contributed by atoms with Gasteiger partial charge in [0, 0.05) is 30.4 Å². The van der Waals surface area contributed by atoms with E-state index in [9.17, 15) is 9.59 Å². The second kappa shape index (κ2) is 5.19. The fourth-order valence-corrected chi connectivity index (χ4v) is 2.44. The predicted octanol–water partition coefficient (Wildman–Crippen LogP) is 2.33. The van der Waals surface area contributed by atoms with Crippen molar-refractivity contribution in [2.45, 2.75) is 46.6 Å². The highest BCUT2D eigenvalue weighted by atomic mass is 16.2. The normalized spacial score (nSPS) is 12.3. The van der Waals surface area contributed by atoms with Gasteiger partial charge in [0.2, 0.25) is 0 Å². The van der Waals surface area contributed by atoms with Gasteiger partial charge in [0.15, 0.2) is 0 Å². The number of hydrogen-bond donors (Lipinski definition) is 1. The van der Waals surface area contributed by atoms with Crippen LogP contribution in [0.15, 0.2) is 23.1 Å². The molecule has 0 unspecified atom stereocenters. The monoisotopic (exact) mass is 264 g/mol. The summed E-state index contributed by atoms with van der Waals surface area (Å²) in [5, 5.41) is 2.99. The van der Waals surface area contributed by atoms with Crippen LogP contribution in [0.3, 0.4) is 0 Å². The molecule has 0 radical (unpaired) electrons. The first kappa shape index (κ1) is 15.5. The van der Waals surface area contributed by atoms with Crippen LogP contribution in [0.1, 0.15) is 51.4 Å². The third-order valence-corrected chi connectivity index (χ3v) is 2.79. The van der Waals surface area contributed by atoms with Gasteiger partial charge in [0.05, 0.1) is 0 Å². The molecule has 0 fully saturated rings. The van der Waals surface area contributed by atoms with E-state index < -0.39 is 0 Å². The van der Waals surface area contributed by atoms with Gasteiger partial charge in [0.25, 0.3) is 11.5 Å². The molecule has 0 saturated heterocycles. The topological polar surface area (TPSA) is 51.1 Å². The molecule has 0 spiro atoms. The summed E-state index contributed by atoms with van der Waals surface area (Å²) < 4.78 is 1.44. The molecule has 1 N–H and O–H groups in total. The van der Waals surface area contributed by atoms with Gasteiger partial charge in [0.1, 0.15) is 0 Å². The molecule has 0 atom stereocenters. The first-order valence-corrected chi connectivity index (χ1v) is 6.49. The number of aromatic nitrogens is 1. The minimum atomic E-state index is -0.309. The third-order valence-electron chi connectivity index (χ3n) is 2.79. The molecular formula is C15H24N2O2. The average molecular weight is 264 g/mol. The Morgan fingerprint density at radius 1 is 1.26 bits per heavy atom. The average Bonchev–Trinajstić information content (AvgIpc) is 2.17. The lowest BCUT2D eigenvalue weighted by molar-refractivity contribution is 0.0891. The second-order valence-electron chi connectivity index (χ2n) is 6.94. The molecule has 0 aliphatic carbocycles. The molecule has 4 nitrogen and oxygen atoms in total. The maximum atomic E-state index is 12.2. The van der Waals surface area contributed by atoms with Gasteiger partial charge in [-0.05, 0) is 31.7 Å². The fourth-order valence-electron chi connectivity index (χ4n) is 2.44. The summed E-state index contributed by atoms with van der Waals surface area (Å²) in [7, 11) is 1.66. The Morgan fingerprint density at radius 2 is 1.84 bits per heavy atom.